The number of hydrogen-bond donors (Lipinski definition) is 0. The molecule has 1 aromatic heterocycles. The summed E-state index contributed by atoms with van der Waals surface area (Å²) in [5, 5.41) is -0.147. The van der Waals surface area contributed by atoms with E-state index in [1.54, 1.807) is 11.3 Å². The van der Waals surface area contributed by atoms with Gasteiger partial charge in [-0.15, -0.1) is 11.3 Å². The van der Waals surface area contributed by atoms with E-state index in [-0.39, 0.29) is 16.4 Å². The summed E-state index contributed by atoms with van der Waals surface area (Å²) >= 11 is 3.18. The fourth-order valence-electron chi connectivity index (χ4n) is 2.48. The van der Waals surface area contributed by atoms with Crippen molar-refractivity contribution in [1.29, 1.82) is 0 Å². The molecule has 2 aromatic carbocycles. The number of para-hydroxylation sites is 1. The van der Waals surface area contributed by atoms with Crippen molar-refractivity contribution in [3.05, 3.63) is 59.7 Å². The smallest absolute Gasteiger partial charge is 0.175 e. The molecule has 1 atom stereocenters. The average Bonchev–Trinajstić information content (AvgIpc) is 2.95. The van der Waals surface area contributed by atoms with Gasteiger partial charge in [0, 0.05) is 5.56 Å². The number of thiazole rings is 1. The third-order valence-electron chi connectivity index (χ3n) is 3.96. The molecule has 0 saturated heterocycles. The number of fused-ring (bicyclic) bond motifs is 1. The largest absolute Gasteiger partial charge is 0.293 e. The molecule has 0 bridgehead atoms. The quantitative estimate of drug-likeness (QED) is 0.427. The maximum atomic E-state index is 12.7. The third-order valence-corrected chi connectivity index (χ3v) is 6.19. The van der Waals surface area contributed by atoms with Gasteiger partial charge in [0.1, 0.15) is 0 Å². The van der Waals surface area contributed by atoms with E-state index in [9.17, 15) is 4.79 Å². The van der Waals surface area contributed by atoms with Crippen LogP contribution in [0, 0.1) is 0 Å². The molecule has 0 unspecified atom stereocenters. The van der Waals surface area contributed by atoms with E-state index in [0.717, 1.165) is 20.1 Å². The second-order valence-corrected chi connectivity index (χ2v) is 9.52. The molecule has 0 N–H and O–H groups in total. The Labute approximate surface area is 151 Å². The second kappa shape index (κ2) is 6.69. The van der Waals surface area contributed by atoms with E-state index in [1.807, 2.05) is 37.3 Å². The van der Waals surface area contributed by atoms with Crippen molar-refractivity contribution in [2.45, 2.75) is 42.7 Å². The molecule has 0 aliphatic carbocycles. The van der Waals surface area contributed by atoms with Crippen molar-refractivity contribution < 1.29 is 4.79 Å². The maximum Gasteiger partial charge on any atom is 0.175 e. The molecule has 24 heavy (non-hydrogen) atoms. The molecule has 0 saturated carbocycles. The summed E-state index contributed by atoms with van der Waals surface area (Å²) < 4.78 is 2.11. The molecular formula is C20H21NOS2. The predicted molar refractivity (Wildman–Crippen MR) is 104 cm³/mol. The Hall–Kier alpha value is -1.65. The molecule has 0 spiro atoms. The molecule has 0 aliphatic rings. The first-order valence-corrected chi connectivity index (χ1v) is 9.71. The van der Waals surface area contributed by atoms with Gasteiger partial charge in [-0.1, -0.05) is 68.9 Å². The molecule has 0 aliphatic heterocycles. The van der Waals surface area contributed by atoms with Crippen molar-refractivity contribution >= 4 is 39.1 Å². The number of benzene rings is 2. The van der Waals surface area contributed by atoms with Crippen molar-refractivity contribution in [2.24, 2.45) is 0 Å². The van der Waals surface area contributed by atoms with Crippen molar-refractivity contribution in [3.63, 3.8) is 0 Å². The summed E-state index contributed by atoms with van der Waals surface area (Å²) in [5.74, 6) is 0.153. The number of carbonyl (C=O) groups is 1. The Bertz CT molecular complexity index is 826. The highest BCUT2D eigenvalue weighted by Crippen LogP contribution is 2.33. The number of rotatable bonds is 4. The maximum absolute atomic E-state index is 12.7. The van der Waals surface area contributed by atoms with Crippen LogP contribution in [-0.4, -0.2) is 16.0 Å². The number of thioether (sulfide) groups is 1. The number of hydrogen-bond acceptors (Lipinski definition) is 4. The predicted octanol–water partition coefficient (Wildman–Crippen LogP) is 5.96. The Kier molecular flexibility index (Phi) is 4.79. The molecule has 1 heterocycles. The Balaban J connectivity index is 1.74. The fourth-order valence-corrected chi connectivity index (χ4v) is 4.76. The monoisotopic (exact) mass is 355 g/mol. The zero-order valence-corrected chi connectivity index (χ0v) is 16.0. The Morgan fingerprint density at radius 2 is 1.75 bits per heavy atom. The number of carbonyl (C=O) groups excluding carboxylic acids is 1. The van der Waals surface area contributed by atoms with Gasteiger partial charge in [0.25, 0.3) is 0 Å². The van der Waals surface area contributed by atoms with Gasteiger partial charge < -0.3 is 0 Å². The van der Waals surface area contributed by atoms with Gasteiger partial charge in [0.15, 0.2) is 10.1 Å². The van der Waals surface area contributed by atoms with Crippen LogP contribution in [0.5, 0.6) is 0 Å². The van der Waals surface area contributed by atoms with Crippen LogP contribution in [0.1, 0.15) is 43.6 Å². The molecule has 3 rings (SSSR count). The van der Waals surface area contributed by atoms with Crippen molar-refractivity contribution in [3.8, 4) is 0 Å². The number of aromatic nitrogens is 1. The normalized spacial score (nSPS) is 13.2. The van der Waals surface area contributed by atoms with Gasteiger partial charge in [-0.05, 0) is 30.0 Å². The van der Waals surface area contributed by atoms with Crippen LogP contribution in [0.3, 0.4) is 0 Å². The highest BCUT2D eigenvalue weighted by molar-refractivity contribution is 8.02. The summed E-state index contributed by atoms with van der Waals surface area (Å²) in [6.07, 6.45) is 0. The zero-order chi connectivity index (χ0) is 17.3. The van der Waals surface area contributed by atoms with Gasteiger partial charge >= 0.3 is 0 Å². The summed E-state index contributed by atoms with van der Waals surface area (Å²) in [7, 11) is 0. The molecule has 2 nitrogen and oxygen atoms in total. The Morgan fingerprint density at radius 1 is 1.08 bits per heavy atom. The minimum atomic E-state index is -0.147. The molecule has 0 amide bonds. The van der Waals surface area contributed by atoms with Crippen LogP contribution in [0.2, 0.25) is 0 Å². The summed E-state index contributed by atoms with van der Waals surface area (Å²) in [5.41, 5.74) is 3.11. The first-order chi connectivity index (χ1) is 11.3. The SMILES string of the molecule is C[C@H](Sc1nc2ccccc2s1)C(=O)c1ccc(C(C)(C)C)cc1. The lowest BCUT2D eigenvalue weighted by molar-refractivity contribution is 0.0994. The molecule has 4 heteroatoms. The van der Waals surface area contributed by atoms with Crippen molar-refractivity contribution in [1.82, 2.24) is 4.98 Å². The molecule has 124 valence electrons. The molecule has 3 aromatic rings. The summed E-state index contributed by atoms with van der Waals surface area (Å²) in [4.78, 5) is 17.3. The minimum absolute atomic E-state index is 0.100. The lowest BCUT2D eigenvalue weighted by atomic mass is 9.86. The van der Waals surface area contributed by atoms with E-state index >= 15 is 0 Å². The van der Waals surface area contributed by atoms with Crippen LogP contribution >= 0.6 is 23.1 Å². The summed E-state index contributed by atoms with van der Waals surface area (Å²) in [6.45, 7) is 8.48. The molecule has 0 fully saturated rings. The third kappa shape index (κ3) is 3.70. The highest BCUT2D eigenvalue weighted by atomic mass is 32.2. The van der Waals surface area contributed by atoms with Gasteiger partial charge in [-0.3, -0.25) is 4.79 Å². The molecular weight excluding hydrogens is 334 g/mol. The number of Topliss-reactive ketones (excluding diaryl/α,β-unsaturated/α-hetero) is 1. The summed E-state index contributed by atoms with van der Waals surface area (Å²) in [6, 6.07) is 16.1. The van der Waals surface area contributed by atoms with Crippen molar-refractivity contribution in [2.75, 3.05) is 0 Å². The minimum Gasteiger partial charge on any atom is -0.293 e. The van der Waals surface area contributed by atoms with Crippen LogP contribution in [0.4, 0.5) is 0 Å². The first kappa shape index (κ1) is 17.2. The first-order valence-electron chi connectivity index (χ1n) is 8.01. The van der Waals surface area contributed by atoms with E-state index < -0.39 is 0 Å². The highest BCUT2D eigenvalue weighted by Gasteiger charge is 2.20. The van der Waals surface area contributed by atoms with Gasteiger partial charge in [-0.2, -0.15) is 0 Å². The molecule has 0 radical (unpaired) electrons. The van der Waals surface area contributed by atoms with Crippen LogP contribution in [0.15, 0.2) is 52.9 Å². The standard InChI is InChI=1S/C20H21NOS2/c1-13(23-19-21-16-7-5-6-8-17(16)24-19)18(22)14-9-11-15(12-10-14)20(2,3)4/h5-13H,1-4H3/t13-/m0/s1. The van der Waals surface area contributed by atoms with E-state index in [4.69, 9.17) is 0 Å². The zero-order valence-electron chi connectivity index (χ0n) is 14.4. The second-order valence-electron chi connectivity index (χ2n) is 6.90. The lowest BCUT2D eigenvalue weighted by Crippen LogP contribution is -2.15. The topological polar surface area (TPSA) is 30.0 Å². The lowest BCUT2D eigenvalue weighted by Gasteiger charge is -2.19. The van der Waals surface area contributed by atoms with E-state index in [2.05, 4.69) is 44.0 Å². The fraction of sp³-hybridized carbons (Fsp3) is 0.300. The van der Waals surface area contributed by atoms with Crippen LogP contribution in [0.25, 0.3) is 10.2 Å². The van der Waals surface area contributed by atoms with E-state index in [1.165, 1.54) is 17.3 Å². The average molecular weight is 356 g/mol. The van der Waals surface area contributed by atoms with E-state index in [0.29, 0.717) is 0 Å². The number of ketones is 1. The van der Waals surface area contributed by atoms with Gasteiger partial charge in [0.05, 0.1) is 15.5 Å². The van der Waals surface area contributed by atoms with Gasteiger partial charge in [-0.25, -0.2) is 4.98 Å². The Morgan fingerprint density at radius 3 is 2.38 bits per heavy atom. The van der Waals surface area contributed by atoms with Crippen LogP contribution in [-0.2, 0) is 5.41 Å². The number of nitrogens with zero attached hydrogens (tertiary/aromatic N) is 1. The van der Waals surface area contributed by atoms with Gasteiger partial charge in [0.2, 0.25) is 0 Å². The van der Waals surface area contributed by atoms with Crippen LogP contribution < -0.4 is 0 Å².